The van der Waals surface area contributed by atoms with E-state index in [1.807, 2.05) is 13.8 Å². The van der Waals surface area contributed by atoms with Gasteiger partial charge in [0.25, 0.3) is 5.91 Å². The van der Waals surface area contributed by atoms with E-state index in [9.17, 15) is 23.1 Å². The molecule has 0 radical (unpaired) electrons. The Morgan fingerprint density at radius 2 is 1.87 bits per heavy atom. The first-order valence-electron chi connectivity index (χ1n) is 9.96. The third-order valence-electron chi connectivity index (χ3n) is 4.45. The summed E-state index contributed by atoms with van der Waals surface area (Å²) in [6.45, 7) is 4.34. The lowest BCUT2D eigenvalue weighted by Gasteiger charge is -2.16. The van der Waals surface area contributed by atoms with Crippen molar-refractivity contribution in [1.29, 1.82) is 0 Å². The van der Waals surface area contributed by atoms with Crippen LogP contribution < -0.4 is 20.1 Å². The fraction of sp³-hybridized carbons (Fsp3) is 0.409. The number of carbonyl (C=O) groups is 1. The summed E-state index contributed by atoms with van der Waals surface area (Å²) in [5.41, 5.74) is 0.0981. The van der Waals surface area contributed by atoms with Crippen molar-refractivity contribution >= 4 is 11.6 Å². The molecular weight excluding hydrogens is 413 g/mol. The second-order valence-corrected chi connectivity index (χ2v) is 6.80. The standard InChI is InChI=1S/C22H27F3N2O4/c1-3-17(13-28)26-12-15-8-9-19(20(10-15)30-4-2)31-14-21(29)27-18-7-5-6-16(11-18)22(23,24)25/h5-11,17,26,28H,3-4,12-14H2,1-2H3,(H,27,29)/t17-/m0/s1. The van der Waals surface area contributed by atoms with Crippen molar-refractivity contribution in [3.8, 4) is 11.5 Å². The highest BCUT2D eigenvalue weighted by Gasteiger charge is 2.30. The van der Waals surface area contributed by atoms with Gasteiger partial charge in [-0.3, -0.25) is 4.79 Å². The summed E-state index contributed by atoms with van der Waals surface area (Å²) in [5.74, 6) is 0.200. The molecule has 0 saturated carbocycles. The van der Waals surface area contributed by atoms with Crippen molar-refractivity contribution in [2.24, 2.45) is 0 Å². The molecule has 0 fully saturated rings. The first kappa shape index (κ1) is 24.5. The first-order valence-corrected chi connectivity index (χ1v) is 9.96. The minimum absolute atomic E-state index is 0.00832. The van der Waals surface area contributed by atoms with Crippen LogP contribution in [0.15, 0.2) is 42.5 Å². The van der Waals surface area contributed by atoms with Gasteiger partial charge < -0.3 is 25.2 Å². The van der Waals surface area contributed by atoms with Gasteiger partial charge in [0, 0.05) is 18.3 Å². The summed E-state index contributed by atoms with van der Waals surface area (Å²) in [4.78, 5) is 12.1. The van der Waals surface area contributed by atoms with Gasteiger partial charge in [0.2, 0.25) is 0 Å². The molecule has 0 unspecified atom stereocenters. The number of ether oxygens (including phenoxy) is 2. The third kappa shape index (κ3) is 7.76. The maximum Gasteiger partial charge on any atom is 0.416 e. The predicted octanol–water partition coefficient (Wildman–Crippen LogP) is 3.98. The number of hydrogen-bond acceptors (Lipinski definition) is 5. The van der Waals surface area contributed by atoms with Gasteiger partial charge in [0.05, 0.1) is 18.8 Å². The van der Waals surface area contributed by atoms with Crippen molar-refractivity contribution < 1.29 is 32.5 Å². The maximum atomic E-state index is 12.8. The lowest BCUT2D eigenvalue weighted by Crippen LogP contribution is -2.31. The van der Waals surface area contributed by atoms with Crippen molar-refractivity contribution in [1.82, 2.24) is 5.32 Å². The molecule has 1 amide bonds. The number of aliphatic hydroxyl groups is 1. The third-order valence-corrected chi connectivity index (χ3v) is 4.45. The van der Waals surface area contributed by atoms with E-state index in [0.29, 0.717) is 24.7 Å². The summed E-state index contributed by atoms with van der Waals surface area (Å²) in [6, 6.07) is 9.63. The predicted molar refractivity (Wildman–Crippen MR) is 111 cm³/mol. The Balaban J connectivity index is 1.99. The van der Waals surface area contributed by atoms with Gasteiger partial charge in [-0.1, -0.05) is 19.1 Å². The molecule has 0 heterocycles. The zero-order chi connectivity index (χ0) is 22.9. The molecule has 0 bridgehead atoms. The highest BCUT2D eigenvalue weighted by atomic mass is 19.4. The van der Waals surface area contributed by atoms with Crippen LogP contribution in [0.4, 0.5) is 18.9 Å². The van der Waals surface area contributed by atoms with Gasteiger partial charge in [-0.2, -0.15) is 13.2 Å². The molecule has 2 rings (SSSR count). The summed E-state index contributed by atoms with van der Waals surface area (Å²) < 4.78 is 49.5. The molecule has 0 aliphatic rings. The van der Waals surface area contributed by atoms with Gasteiger partial charge in [-0.15, -0.1) is 0 Å². The zero-order valence-electron chi connectivity index (χ0n) is 17.5. The van der Waals surface area contributed by atoms with Crippen molar-refractivity contribution in [2.75, 3.05) is 25.1 Å². The topological polar surface area (TPSA) is 79.8 Å². The molecule has 2 aromatic carbocycles. The summed E-state index contributed by atoms with van der Waals surface area (Å²) in [7, 11) is 0. The van der Waals surface area contributed by atoms with E-state index in [-0.39, 0.29) is 18.3 Å². The normalized spacial score (nSPS) is 12.3. The van der Waals surface area contributed by atoms with Crippen LogP contribution in [-0.4, -0.2) is 36.9 Å². The minimum atomic E-state index is -4.49. The number of aliphatic hydroxyl groups excluding tert-OH is 1. The molecule has 3 N–H and O–H groups in total. The number of anilines is 1. The van der Waals surface area contributed by atoms with Crippen molar-refractivity contribution in [3.05, 3.63) is 53.6 Å². The molecule has 0 spiro atoms. The average molecular weight is 440 g/mol. The molecule has 0 saturated heterocycles. The van der Waals surface area contributed by atoms with Crippen LogP contribution >= 0.6 is 0 Å². The molecular formula is C22H27F3N2O4. The number of halogens is 3. The SMILES string of the molecule is CCOc1cc(CN[C@@H](CC)CO)ccc1OCC(=O)Nc1cccc(C(F)(F)F)c1. The molecule has 0 aliphatic heterocycles. The van der Waals surface area contributed by atoms with Gasteiger partial charge in [0.1, 0.15) is 0 Å². The number of carbonyl (C=O) groups excluding carboxylic acids is 1. The Morgan fingerprint density at radius 1 is 1.10 bits per heavy atom. The molecule has 2 aromatic rings. The lowest BCUT2D eigenvalue weighted by atomic mass is 10.1. The van der Waals surface area contributed by atoms with E-state index in [1.165, 1.54) is 12.1 Å². The largest absolute Gasteiger partial charge is 0.490 e. The fourth-order valence-corrected chi connectivity index (χ4v) is 2.76. The monoisotopic (exact) mass is 440 g/mol. The van der Waals surface area contributed by atoms with Crippen LogP contribution in [-0.2, 0) is 17.5 Å². The zero-order valence-corrected chi connectivity index (χ0v) is 17.5. The van der Waals surface area contributed by atoms with Crippen LogP contribution in [0.5, 0.6) is 11.5 Å². The van der Waals surface area contributed by atoms with Gasteiger partial charge in [-0.05, 0) is 49.2 Å². The minimum Gasteiger partial charge on any atom is -0.490 e. The van der Waals surface area contributed by atoms with Crippen molar-refractivity contribution in [2.45, 2.75) is 39.0 Å². The number of benzene rings is 2. The molecule has 0 aromatic heterocycles. The summed E-state index contributed by atoms with van der Waals surface area (Å²) in [5, 5.41) is 14.9. The van der Waals surface area contributed by atoms with E-state index in [2.05, 4.69) is 10.6 Å². The van der Waals surface area contributed by atoms with Crippen LogP contribution in [0, 0.1) is 0 Å². The van der Waals surface area contributed by atoms with Gasteiger partial charge in [0.15, 0.2) is 18.1 Å². The van der Waals surface area contributed by atoms with Crippen LogP contribution in [0.3, 0.4) is 0 Å². The molecule has 170 valence electrons. The van der Waals surface area contributed by atoms with Crippen LogP contribution in [0.1, 0.15) is 31.4 Å². The summed E-state index contributed by atoms with van der Waals surface area (Å²) in [6.07, 6.45) is -3.70. The summed E-state index contributed by atoms with van der Waals surface area (Å²) >= 11 is 0. The second-order valence-electron chi connectivity index (χ2n) is 6.80. The number of rotatable bonds is 11. The number of amides is 1. The molecule has 9 heteroatoms. The van der Waals surface area contributed by atoms with E-state index in [1.54, 1.807) is 18.2 Å². The Hall–Kier alpha value is -2.78. The Kier molecular flexibility index (Phi) is 9.14. The van der Waals surface area contributed by atoms with Crippen molar-refractivity contribution in [3.63, 3.8) is 0 Å². The van der Waals surface area contributed by atoms with E-state index < -0.39 is 24.3 Å². The lowest BCUT2D eigenvalue weighted by molar-refractivity contribution is -0.137. The van der Waals surface area contributed by atoms with Gasteiger partial charge >= 0.3 is 6.18 Å². The quantitative estimate of drug-likeness (QED) is 0.493. The van der Waals surface area contributed by atoms with E-state index in [0.717, 1.165) is 24.1 Å². The van der Waals surface area contributed by atoms with Gasteiger partial charge in [-0.25, -0.2) is 0 Å². The second kappa shape index (κ2) is 11.6. The highest BCUT2D eigenvalue weighted by molar-refractivity contribution is 5.92. The number of alkyl halides is 3. The average Bonchev–Trinajstić information content (AvgIpc) is 2.73. The Morgan fingerprint density at radius 3 is 2.52 bits per heavy atom. The van der Waals surface area contributed by atoms with E-state index in [4.69, 9.17) is 9.47 Å². The maximum absolute atomic E-state index is 12.8. The Bertz CT molecular complexity index is 855. The highest BCUT2D eigenvalue weighted by Crippen LogP contribution is 2.31. The molecule has 6 nitrogen and oxygen atoms in total. The number of nitrogens with one attached hydrogen (secondary N) is 2. The first-order chi connectivity index (χ1) is 14.8. The fourth-order valence-electron chi connectivity index (χ4n) is 2.76. The van der Waals surface area contributed by atoms with Crippen LogP contribution in [0.25, 0.3) is 0 Å². The molecule has 31 heavy (non-hydrogen) atoms. The van der Waals surface area contributed by atoms with E-state index >= 15 is 0 Å². The van der Waals surface area contributed by atoms with Crippen LogP contribution in [0.2, 0.25) is 0 Å². The smallest absolute Gasteiger partial charge is 0.416 e. The molecule has 0 aliphatic carbocycles. The number of hydrogen-bond donors (Lipinski definition) is 3. The molecule has 1 atom stereocenters. The Labute approximate surface area is 179 Å².